The van der Waals surface area contributed by atoms with Crippen LogP contribution in [0.1, 0.15) is 22.3 Å². The van der Waals surface area contributed by atoms with Crippen molar-refractivity contribution in [3.05, 3.63) is 97.8 Å². The van der Waals surface area contributed by atoms with Crippen molar-refractivity contribution in [3.8, 4) is 0 Å². The third-order valence-corrected chi connectivity index (χ3v) is 4.76. The number of fused-ring (bicyclic) bond motifs is 2. The van der Waals surface area contributed by atoms with Gasteiger partial charge in [-0.15, -0.1) is 69.1 Å². The van der Waals surface area contributed by atoms with Gasteiger partial charge in [-0.2, -0.15) is 12.1 Å². The van der Waals surface area contributed by atoms with E-state index in [4.69, 9.17) is 0 Å². The fraction of sp³-hybridized carbons (Fsp3) is 0.167. The maximum absolute atomic E-state index is 2.36. The first-order valence-corrected chi connectivity index (χ1v) is 8.00. The smallest absolute Gasteiger partial charge is 0.358 e. The van der Waals surface area contributed by atoms with Gasteiger partial charge in [-0.1, -0.05) is 23.3 Å². The molecule has 4 aromatic rings. The maximum Gasteiger partial charge on any atom is 4.00 e. The van der Waals surface area contributed by atoms with Gasteiger partial charge in [0, 0.05) is 0 Å². The first-order chi connectivity index (χ1) is 10.7. The van der Waals surface area contributed by atoms with Crippen molar-refractivity contribution >= 4 is 21.5 Å². The Morgan fingerprint density at radius 1 is 0.680 bits per heavy atom. The maximum atomic E-state index is 2.36. The van der Waals surface area contributed by atoms with Crippen molar-refractivity contribution in [2.24, 2.45) is 0 Å². The third kappa shape index (κ3) is 4.21. The average molecular weight is 406 g/mol. The van der Waals surface area contributed by atoms with Crippen molar-refractivity contribution in [1.82, 2.24) is 0 Å². The molecular formula is C24H26Zr. The zero-order valence-corrected chi connectivity index (χ0v) is 18.1. The van der Waals surface area contributed by atoms with Gasteiger partial charge in [0.1, 0.15) is 0 Å². The quantitative estimate of drug-likeness (QED) is 0.331. The molecule has 0 aliphatic rings. The Bertz CT molecular complexity index is 873. The second-order valence-corrected chi connectivity index (χ2v) is 6.38. The van der Waals surface area contributed by atoms with E-state index in [1.54, 1.807) is 0 Å². The van der Waals surface area contributed by atoms with Crippen molar-refractivity contribution in [3.63, 3.8) is 0 Å². The second-order valence-electron chi connectivity index (χ2n) is 6.38. The Labute approximate surface area is 171 Å². The van der Waals surface area contributed by atoms with E-state index in [1.807, 2.05) is 0 Å². The summed E-state index contributed by atoms with van der Waals surface area (Å²) in [6, 6.07) is 22.5. The molecule has 0 saturated carbocycles. The van der Waals surface area contributed by atoms with Gasteiger partial charge in [-0.3, -0.25) is 0 Å². The van der Waals surface area contributed by atoms with Gasteiger partial charge in [-0.25, -0.2) is 0 Å². The Kier molecular flexibility index (Phi) is 7.57. The Balaban J connectivity index is 0.00000104. The molecule has 0 aliphatic heterocycles. The molecule has 25 heavy (non-hydrogen) atoms. The third-order valence-electron chi connectivity index (χ3n) is 4.76. The van der Waals surface area contributed by atoms with Crippen LogP contribution in [0, 0.1) is 28.7 Å². The van der Waals surface area contributed by atoms with Crippen LogP contribution in [0.5, 0.6) is 0 Å². The number of benzene rings is 2. The summed E-state index contributed by atoms with van der Waals surface area (Å²) in [5, 5.41) is 5.55. The summed E-state index contributed by atoms with van der Waals surface area (Å²) < 4.78 is 0. The van der Waals surface area contributed by atoms with E-state index in [0.29, 0.717) is 0 Å². The minimum Gasteiger partial charge on any atom is -0.358 e. The van der Waals surface area contributed by atoms with Gasteiger partial charge in [0.2, 0.25) is 0 Å². The van der Waals surface area contributed by atoms with E-state index in [2.05, 4.69) is 74.5 Å². The Hall–Kier alpha value is -1.46. The van der Waals surface area contributed by atoms with Crippen molar-refractivity contribution < 1.29 is 26.2 Å². The molecular weight excluding hydrogens is 379 g/mol. The van der Waals surface area contributed by atoms with Crippen LogP contribution in [-0.2, 0) is 39.0 Å². The molecule has 0 atom stereocenters. The molecule has 0 unspecified atom stereocenters. The minimum absolute atomic E-state index is 0. The van der Waals surface area contributed by atoms with Gasteiger partial charge < -0.3 is 14.9 Å². The van der Waals surface area contributed by atoms with Crippen LogP contribution in [0.25, 0.3) is 21.5 Å². The first-order valence-electron chi connectivity index (χ1n) is 8.00. The molecule has 4 rings (SSSR count). The SMILES string of the molecule is Cc1cccc2[cH-]c(CCc3cc4c(C)cccc4[cH-]3)cc12.[CH3-].[CH3-].[Zr+4]. The van der Waals surface area contributed by atoms with Crippen LogP contribution in [0.4, 0.5) is 0 Å². The molecule has 0 spiro atoms. The molecule has 0 bridgehead atoms. The molecule has 4 aromatic carbocycles. The number of aryl methyl sites for hydroxylation is 4. The van der Waals surface area contributed by atoms with Gasteiger partial charge in [0.25, 0.3) is 0 Å². The van der Waals surface area contributed by atoms with Crippen LogP contribution < -0.4 is 0 Å². The van der Waals surface area contributed by atoms with E-state index in [-0.39, 0.29) is 41.1 Å². The summed E-state index contributed by atoms with van der Waals surface area (Å²) in [5.41, 5.74) is 5.65. The van der Waals surface area contributed by atoms with Crippen LogP contribution in [0.2, 0.25) is 0 Å². The summed E-state index contributed by atoms with van der Waals surface area (Å²) in [5.74, 6) is 0. The second kappa shape index (κ2) is 8.77. The minimum atomic E-state index is 0. The van der Waals surface area contributed by atoms with Gasteiger partial charge in [-0.05, 0) is 26.7 Å². The van der Waals surface area contributed by atoms with E-state index in [9.17, 15) is 0 Å². The van der Waals surface area contributed by atoms with Crippen molar-refractivity contribution in [2.75, 3.05) is 0 Å². The fourth-order valence-electron chi connectivity index (χ4n) is 3.48. The predicted octanol–water partition coefficient (Wildman–Crippen LogP) is 6.73. The van der Waals surface area contributed by atoms with E-state index in [0.717, 1.165) is 12.8 Å². The molecule has 0 N–H and O–H groups in total. The standard InChI is InChI=1S/C22H20.2CH3.Zr/c1-15-5-3-7-19-11-17(13-21(15)19)9-10-18-12-20-8-4-6-16(2)22(20)14-18;;;/h3-8,11-14H,9-10H2,1-2H3;2*1H3;/q-2;2*-1;+4. The first kappa shape index (κ1) is 21.6. The summed E-state index contributed by atoms with van der Waals surface area (Å²) in [6.45, 7) is 4.39. The number of rotatable bonds is 3. The Morgan fingerprint density at radius 2 is 1.08 bits per heavy atom. The monoisotopic (exact) mass is 404 g/mol. The van der Waals surface area contributed by atoms with Gasteiger partial charge >= 0.3 is 26.2 Å². The molecule has 0 nitrogen and oxygen atoms in total. The average Bonchev–Trinajstić information content (AvgIpc) is 3.10. The van der Waals surface area contributed by atoms with Crippen LogP contribution in [0.15, 0.2) is 60.7 Å². The van der Waals surface area contributed by atoms with Crippen LogP contribution in [0.3, 0.4) is 0 Å². The fourth-order valence-corrected chi connectivity index (χ4v) is 3.48. The largest absolute Gasteiger partial charge is 4.00 e. The normalized spacial score (nSPS) is 10.2. The van der Waals surface area contributed by atoms with Gasteiger partial charge in [0.05, 0.1) is 0 Å². The zero-order valence-electron chi connectivity index (χ0n) is 15.7. The number of hydrogen-bond acceptors (Lipinski definition) is 0. The van der Waals surface area contributed by atoms with E-state index < -0.39 is 0 Å². The van der Waals surface area contributed by atoms with E-state index >= 15 is 0 Å². The van der Waals surface area contributed by atoms with Crippen LogP contribution >= 0.6 is 0 Å². The molecule has 0 aliphatic carbocycles. The van der Waals surface area contributed by atoms with Gasteiger partial charge in [0.15, 0.2) is 0 Å². The summed E-state index contributed by atoms with van der Waals surface area (Å²) in [6.07, 6.45) is 2.23. The molecule has 0 fully saturated rings. The summed E-state index contributed by atoms with van der Waals surface area (Å²) in [7, 11) is 0. The molecule has 1 heteroatoms. The zero-order chi connectivity index (χ0) is 15.1. The van der Waals surface area contributed by atoms with Crippen molar-refractivity contribution in [1.29, 1.82) is 0 Å². The van der Waals surface area contributed by atoms with Crippen molar-refractivity contribution in [2.45, 2.75) is 26.7 Å². The molecule has 126 valence electrons. The van der Waals surface area contributed by atoms with E-state index in [1.165, 1.54) is 43.8 Å². The molecule has 0 amide bonds. The Morgan fingerprint density at radius 3 is 1.44 bits per heavy atom. The topological polar surface area (TPSA) is 0 Å². The molecule has 0 aromatic heterocycles. The predicted molar refractivity (Wildman–Crippen MR) is 109 cm³/mol. The summed E-state index contributed by atoms with van der Waals surface area (Å²) in [4.78, 5) is 0. The number of hydrogen-bond donors (Lipinski definition) is 0. The van der Waals surface area contributed by atoms with Crippen LogP contribution in [-0.4, -0.2) is 0 Å². The molecule has 0 saturated heterocycles. The molecule has 0 heterocycles. The summed E-state index contributed by atoms with van der Waals surface area (Å²) >= 11 is 0. The molecule has 0 radical (unpaired) electrons.